The van der Waals surface area contributed by atoms with Crippen molar-refractivity contribution in [2.75, 3.05) is 6.54 Å². The number of aliphatic hydroxyl groups excluding tert-OH is 1. The Hall–Kier alpha value is -0.860. The van der Waals surface area contributed by atoms with E-state index >= 15 is 0 Å². The average Bonchev–Trinajstić information content (AvgIpc) is 3.11. The Morgan fingerprint density at radius 3 is 2.62 bits per heavy atom. The Bertz CT molecular complexity index is 308. The van der Waals surface area contributed by atoms with Gasteiger partial charge >= 0.3 is 0 Å². The smallest absolute Gasteiger partial charge is 0.0730 e. The van der Waals surface area contributed by atoms with E-state index < -0.39 is 0 Å². The van der Waals surface area contributed by atoms with Gasteiger partial charge in [-0.3, -0.25) is 0 Å². The Kier molecular flexibility index (Phi) is 3.97. The molecular formula is C14H21NO. The third-order valence-electron chi connectivity index (χ3n) is 3.29. The number of hydrogen-bond donors (Lipinski definition) is 2. The fourth-order valence-electron chi connectivity index (χ4n) is 1.84. The second-order valence-electron chi connectivity index (χ2n) is 4.90. The van der Waals surface area contributed by atoms with Gasteiger partial charge in [-0.1, -0.05) is 30.3 Å². The largest absolute Gasteiger partial charge is 0.391 e. The monoisotopic (exact) mass is 219 g/mol. The van der Waals surface area contributed by atoms with Crippen LogP contribution in [0.25, 0.3) is 0 Å². The summed E-state index contributed by atoms with van der Waals surface area (Å²) in [6, 6.07) is 10.4. The van der Waals surface area contributed by atoms with E-state index in [9.17, 15) is 5.11 Å². The van der Waals surface area contributed by atoms with E-state index in [0.717, 1.165) is 18.9 Å². The molecule has 1 aromatic carbocycles. The maximum absolute atomic E-state index is 10.0. The maximum Gasteiger partial charge on any atom is 0.0730 e. The molecule has 1 fully saturated rings. The molecular weight excluding hydrogens is 198 g/mol. The van der Waals surface area contributed by atoms with Crippen molar-refractivity contribution in [2.45, 2.75) is 38.3 Å². The van der Waals surface area contributed by atoms with Crippen molar-refractivity contribution in [3.8, 4) is 0 Å². The van der Waals surface area contributed by atoms with Crippen LogP contribution in [-0.4, -0.2) is 23.8 Å². The molecule has 1 aliphatic carbocycles. The van der Waals surface area contributed by atoms with E-state index in [-0.39, 0.29) is 12.1 Å². The highest BCUT2D eigenvalue weighted by Gasteiger charge is 2.23. The van der Waals surface area contributed by atoms with Gasteiger partial charge in [-0.2, -0.15) is 0 Å². The SMILES string of the molecule is CC(NCC1CC1)C(O)Cc1ccccc1. The van der Waals surface area contributed by atoms with Crippen molar-refractivity contribution >= 4 is 0 Å². The fraction of sp³-hybridized carbons (Fsp3) is 0.571. The molecule has 0 saturated heterocycles. The highest BCUT2D eigenvalue weighted by Crippen LogP contribution is 2.27. The lowest BCUT2D eigenvalue weighted by atomic mass is 10.0. The molecule has 0 amide bonds. The van der Waals surface area contributed by atoms with Crippen LogP contribution in [0.3, 0.4) is 0 Å². The summed E-state index contributed by atoms with van der Waals surface area (Å²) >= 11 is 0. The number of nitrogens with one attached hydrogen (secondary N) is 1. The van der Waals surface area contributed by atoms with Crippen molar-refractivity contribution in [3.63, 3.8) is 0 Å². The van der Waals surface area contributed by atoms with Crippen LogP contribution < -0.4 is 5.32 Å². The molecule has 2 nitrogen and oxygen atoms in total. The van der Waals surface area contributed by atoms with Crippen LogP contribution in [0.4, 0.5) is 0 Å². The Labute approximate surface area is 97.7 Å². The van der Waals surface area contributed by atoms with Gasteiger partial charge in [0.15, 0.2) is 0 Å². The molecule has 16 heavy (non-hydrogen) atoms. The average molecular weight is 219 g/mol. The van der Waals surface area contributed by atoms with Crippen molar-refractivity contribution in [1.82, 2.24) is 5.32 Å². The fourth-order valence-corrected chi connectivity index (χ4v) is 1.84. The minimum Gasteiger partial charge on any atom is -0.391 e. The standard InChI is InChI=1S/C14H21NO/c1-11(15-10-13-7-8-13)14(16)9-12-5-3-2-4-6-12/h2-6,11,13-16H,7-10H2,1H3. The second-order valence-corrected chi connectivity index (χ2v) is 4.90. The predicted octanol–water partition coefficient (Wildman–Crippen LogP) is 1.98. The van der Waals surface area contributed by atoms with Crippen molar-refractivity contribution in [2.24, 2.45) is 5.92 Å². The summed E-state index contributed by atoms with van der Waals surface area (Å²) in [5, 5.41) is 13.5. The van der Waals surface area contributed by atoms with Crippen LogP contribution in [-0.2, 0) is 6.42 Å². The van der Waals surface area contributed by atoms with Gasteiger partial charge in [0.25, 0.3) is 0 Å². The highest BCUT2D eigenvalue weighted by atomic mass is 16.3. The summed E-state index contributed by atoms with van der Waals surface area (Å²) in [6.45, 7) is 3.13. The van der Waals surface area contributed by atoms with E-state index in [1.165, 1.54) is 18.4 Å². The summed E-state index contributed by atoms with van der Waals surface area (Å²) in [5.41, 5.74) is 1.20. The van der Waals surface area contributed by atoms with Crippen molar-refractivity contribution in [1.29, 1.82) is 0 Å². The zero-order chi connectivity index (χ0) is 11.4. The molecule has 2 heteroatoms. The number of rotatable bonds is 6. The summed E-state index contributed by atoms with van der Waals surface area (Å²) in [5.74, 6) is 0.867. The van der Waals surface area contributed by atoms with Gasteiger partial charge in [0.05, 0.1) is 6.10 Å². The van der Waals surface area contributed by atoms with E-state index in [2.05, 4.69) is 24.4 Å². The summed E-state index contributed by atoms with van der Waals surface area (Å²) in [4.78, 5) is 0. The van der Waals surface area contributed by atoms with Gasteiger partial charge in [-0.15, -0.1) is 0 Å². The van der Waals surface area contributed by atoms with Gasteiger partial charge < -0.3 is 10.4 Å². The lowest BCUT2D eigenvalue weighted by molar-refractivity contribution is 0.134. The minimum absolute atomic E-state index is 0.181. The zero-order valence-electron chi connectivity index (χ0n) is 9.89. The molecule has 2 unspecified atom stereocenters. The number of aliphatic hydroxyl groups is 1. The van der Waals surface area contributed by atoms with E-state index in [4.69, 9.17) is 0 Å². The first-order chi connectivity index (χ1) is 7.75. The first-order valence-electron chi connectivity index (χ1n) is 6.21. The molecule has 0 spiro atoms. The van der Waals surface area contributed by atoms with E-state index in [1.807, 2.05) is 18.2 Å². The van der Waals surface area contributed by atoms with Crippen LogP contribution in [0.5, 0.6) is 0 Å². The zero-order valence-corrected chi connectivity index (χ0v) is 9.89. The van der Waals surface area contributed by atoms with E-state index in [1.54, 1.807) is 0 Å². The van der Waals surface area contributed by atoms with Crippen LogP contribution in [0, 0.1) is 5.92 Å². The summed E-state index contributed by atoms with van der Waals surface area (Å²) < 4.78 is 0. The molecule has 0 heterocycles. The summed E-state index contributed by atoms with van der Waals surface area (Å²) in [7, 11) is 0. The minimum atomic E-state index is -0.291. The normalized spacial score (nSPS) is 19.4. The Balaban J connectivity index is 1.75. The maximum atomic E-state index is 10.0. The molecule has 2 rings (SSSR count). The first kappa shape index (κ1) is 11.6. The van der Waals surface area contributed by atoms with Gasteiger partial charge in [0.2, 0.25) is 0 Å². The van der Waals surface area contributed by atoms with Gasteiger partial charge in [0.1, 0.15) is 0 Å². The number of hydrogen-bond acceptors (Lipinski definition) is 2. The third kappa shape index (κ3) is 3.62. The highest BCUT2D eigenvalue weighted by molar-refractivity contribution is 5.15. The molecule has 1 aromatic rings. The van der Waals surface area contributed by atoms with Crippen LogP contribution >= 0.6 is 0 Å². The third-order valence-corrected chi connectivity index (χ3v) is 3.29. The Morgan fingerprint density at radius 1 is 1.31 bits per heavy atom. The molecule has 0 aliphatic heterocycles. The molecule has 2 atom stereocenters. The Morgan fingerprint density at radius 2 is 2.00 bits per heavy atom. The molecule has 0 radical (unpaired) electrons. The van der Waals surface area contributed by atoms with Crippen LogP contribution in [0.2, 0.25) is 0 Å². The molecule has 1 aliphatic rings. The topological polar surface area (TPSA) is 32.3 Å². The molecule has 88 valence electrons. The quantitative estimate of drug-likeness (QED) is 0.767. The van der Waals surface area contributed by atoms with Gasteiger partial charge in [-0.05, 0) is 44.2 Å². The molecule has 0 aromatic heterocycles. The lowest BCUT2D eigenvalue weighted by Crippen LogP contribution is -2.39. The van der Waals surface area contributed by atoms with Crippen molar-refractivity contribution in [3.05, 3.63) is 35.9 Å². The van der Waals surface area contributed by atoms with E-state index in [0.29, 0.717) is 0 Å². The molecule has 0 bridgehead atoms. The summed E-state index contributed by atoms with van der Waals surface area (Å²) in [6.07, 6.45) is 3.16. The molecule has 1 saturated carbocycles. The molecule has 2 N–H and O–H groups in total. The van der Waals surface area contributed by atoms with Gasteiger partial charge in [-0.25, -0.2) is 0 Å². The second kappa shape index (κ2) is 5.46. The predicted molar refractivity (Wildman–Crippen MR) is 66.3 cm³/mol. The van der Waals surface area contributed by atoms with Crippen LogP contribution in [0.1, 0.15) is 25.3 Å². The van der Waals surface area contributed by atoms with Crippen LogP contribution in [0.15, 0.2) is 30.3 Å². The lowest BCUT2D eigenvalue weighted by Gasteiger charge is -2.20. The number of benzene rings is 1. The van der Waals surface area contributed by atoms with Crippen molar-refractivity contribution < 1.29 is 5.11 Å². The van der Waals surface area contributed by atoms with Gasteiger partial charge in [0, 0.05) is 6.04 Å². The first-order valence-corrected chi connectivity index (χ1v) is 6.21.